The lowest BCUT2D eigenvalue weighted by molar-refractivity contribution is -0.384. The molecule has 188 valence electrons. The Morgan fingerprint density at radius 1 is 0.946 bits per heavy atom. The molecule has 0 aromatic heterocycles. The number of esters is 1. The molecule has 0 radical (unpaired) electrons. The monoisotopic (exact) mass is 502 g/mol. The van der Waals surface area contributed by atoms with Gasteiger partial charge in [-0.15, -0.1) is 0 Å². The molecule has 1 atom stereocenters. The highest BCUT2D eigenvalue weighted by Gasteiger charge is 2.46. The van der Waals surface area contributed by atoms with Crippen LogP contribution in [0.4, 0.5) is 5.69 Å². The number of hydrogen-bond acceptors (Lipinski definition) is 8. The van der Waals surface area contributed by atoms with Crippen LogP contribution in [0, 0.1) is 10.1 Å². The molecule has 3 aromatic rings. The van der Waals surface area contributed by atoms with Gasteiger partial charge in [0.1, 0.15) is 11.5 Å². The van der Waals surface area contributed by atoms with Gasteiger partial charge in [-0.05, 0) is 47.5 Å². The first-order chi connectivity index (χ1) is 17.7. The Bertz CT molecular complexity index is 1390. The van der Waals surface area contributed by atoms with E-state index in [-0.39, 0.29) is 23.4 Å². The van der Waals surface area contributed by atoms with E-state index in [0.717, 1.165) is 0 Å². The van der Waals surface area contributed by atoms with Gasteiger partial charge in [0.2, 0.25) is 0 Å². The molecule has 1 unspecified atom stereocenters. The van der Waals surface area contributed by atoms with Crippen LogP contribution in [0.3, 0.4) is 0 Å². The zero-order chi connectivity index (χ0) is 26.7. The molecule has 0 spiro atoms. The van der Waals surface area contributed by atoms with E-state index in [1.54, 1.807) is 48.5 Å². The third-order valence-corrected chi connectivity index (χ3v) is 6.05. The van der Waals surface area contributed by atoms with Crippen molar-refractivity contribution in [2.24, 2.45) is 0 Å². The van der Waals surface area contributed by atoms with Crippen molar-refractivity contribution in [1.82, 2.24) is 4.90 Å². The van der Waals surface area contributed by atoms with Crippen LogP contribution in [0.25, 0.3) is 5.76 Å². The Morgan fingerprint density at radius 3 is 2.08 bits per heavy atom. The number of methoxy groups -OCH3 is 2. The summed E-state index contributed by atoms with van der Waals surface area (Å²) < 4.78 is 9.92. The summed E-state index contributed by atoms with van der Waals surface area (Å²) >= 11 is 0. The normalized spacial score (nSPS) is 16.5. The third kappa shape index (κ3) is 4.90. The summed E-state index contributed by atoms with van der Waals surface area (Å²) in [4.78, 5) is 49.9. The number of aliphatic hydroxyl groups is 1. The molecular formula is C27H22N2O8. The van der Waals surface area contributed by atoms with E-state index >= 15 is 0 Å². The Balaban J connectivity index is 1.79. The fraction of sp³-hybridized carbons (Fsp3) is 0.148. The molecule has 1 heterocycles. The standard InChI is InChI=1S/C27H22N2O8/c1-36-21-13-9-17(10-14-21)23-22(24(30)18-7-11-20(12-8-18)29(34)35)25(31)26(32)28(23)15-16-3-5-19(6-4-16)27(33)37-2/h3-14,23,30H,15H2,1-2H3/b24-22-. The lowest BCUT2D eigenvalue weighted by atomic mass is 9.95. The molecular weight excluding hydrogens is 480 g/mol. The fourth-order valence-corrected chi connectivity index (χ4v) is 4.13. The molecule has 1 N–H and O–H groups in total. The minimum absolute atomic E-state index is 0.0137. The molecule has 1 amide bonds. The smallest absolute Gasteiger partial charge is 0.337 e. The quantitative estimate of drug-likeness (QED) is 0.128. The van der Waals surface area contributed by atoms with Crippen LogP contribution in [0.1, 0.15) is 33.1 Å². The number of likely N-dealkylation sites (tertiary alicyclic amines) is 1. The van der Waals surface area contributed by atoms with E-state index in [1.165, 1.54) is 43.4 Å². The van der Waals surface area contributed by atoms with Gasteiger partial charge in [-0.1, -0.05) is 24.3 Å². The molecule has 10 heteroatoms. The van der Waals surface area contributed by atoms with E-state index < -0.39 is 34.4 Å². The van der Waals surface area contributed by atoms with Gasteiger partial charge in [-0.2, -0.15) is 0 Å². The summed E-state index contributed by atoms with van der Waals surface area (Å²) in [6, 6.07) is 17.2. The van der Waals surface area contributed by atoms with Gasteiger partial charge in [0.15, 0.2) is 0 Å². The van der Waals surface area contributed by atoms with Crippen LogP contribution in [0.15, 0.2) is 78.4 Å². The fourth-order valence-electron chi connectivity index (χ4n) is 4.13. The molecule has 3 aromatic carbocycles. The zero-order valence-corrected chi connectivity index (χ0v) is 19.9. The van der Waals surface area contributed by atoms with Crippen molar-refractivity contribution < 1.29 is 33.9 Å². The van der Waals surface area contributed by atoms with Crippen LogP contribution < -0.4 is 4.74 Å². The summed E-state index contributed by atoms with van der Waals surface area (Å²) in [6.07, 6.45) is 0. The Labute approximate surface area is 211 Å². The maximum absolute atomic E-state index is 13.2. The highest BCUT2D eigenvalue weighted by Crippen LogP contribution is 2.40. The number of carbonyl (C=O) groups excluding carboxylic acids is 3. The first kappa shape index (κ1) is 25.1. The molecule has 1 aliphatic rings. The van der Waals surface area contributed by atoms with Crippen molar-refractivity contribution in [3.8, 4) is 5.75 Å². The van der Waals surface area contributed by atoms with Crippen molar-refractivity contribution in [2.75, 3.05) is 14.2 Å². The van der Waals surface area contributed by atoms with Crippen molar-refractivity contribution >= 4 is 29.1 Å². The summed E-state index contributed by atoms with van der Waals surface area (Å²) in [5.41, 5.74) is 1.36. The minimum Gasteiger partial charge on any atom is -0.507 e. The van der Waals surface area contributed by atoms with Crippen LogP contribution in [0.5, 0.6) is 5.75 Å². The highest BCUT2D eigenvalue weighted by molar-refractivity contribution is 6.46. The number of nitro groups is 1. The molecule has 0 saturated carbocycles. The predicted octanol–water partition coefficient (Wildman–Crippen LogP) is 4.01. The van der Waals surface area contributed by atoms with E-state index in [0.29, 0.717) is 22.4 Å². The molecule has 10 nitrogen and oxygen atoms in total. The molecule has 1 saturated heterocycles. The van der Waals surface area contributed by atoms with Gasteiger partial charge in [0.25, 0.3) is 17.4 Å². The van der Waals surface area contributed by atoms with Crippen molar-refractivity contribution in [2.45, 2.75) is 12.6 Å². The number of nitrogens with zero attached hydrogens (tertiary/aromatic N) is 2. The first-order valence-electron chi connectivity index (χ1n) is 11.1. The second-order valence-corrected chi connectivity index (χ2v) is 8.19. The van der Waals surface area contributed by atoms with E-state index in [9.17, 15) is 29.6 Å². The number of ketones is 1. The van der Waals surface area contributed by atoms with Crippen LogP contribution in [-0.2, 0) is 20.9 Å². The van der Waals surface area contributed by atoms with Crippen molar-refractivity contribution in [3.63, 3.8) is 0 Å². The van der Waals surface area contributed by atoms with Crippen LogP contribution in [-0.4, -0.2) is 46.8 Å². The largest absolute Gasteiger partial charge is 0.507 e. The number of amides is 1. The van der Waals surface area contributed by atoms with Gasteiger partial charge >= 0.3 is 5.97 Å². The van der Waals surface area contributed by atoms with Crippen molar-refractivity contribution in [1.29, 1.82) is 0 Å². The molecule has 37 heavy (non-hydrogen) atoms. The maximum Gasteiger partial charge on any atom is 0.337 e. The van der Waals surface area contributed by atoms with Gasteiger partial charge in [-0.3, -0.25) is 19.7 Å². The van der Waals surface area contributed by atoms with Gasteiger partial charge < -0.3 is 19.5 Å². The van der Waals surface area contributed by atoms with Gasteiger partial charge in [0, 0.05) is 24.2 Å². The topological polar surface area (TPSA) is 136 Å². The maximum atomic E-state index is 13.2. The van der Waals surface area contributed by atoms with Crippen LogP contribution in [0.2, 0.25) is 0 Å². The Hall–Kier alpha value is -4.99. The predicted molar refractivity (Wildman–Crippen MR) is 132 cm³/mol. The number of aliphatic hydroxyl groups excluding tert-OH is 1. The lowest BCUT2D eigenvalue weighted by Crippen LogP contribution is -2.29. The number of benzene rings is 3. The second-order valence-electron chi connectivity index (χ2n) is 8.19. The number of carbonyl (C=O) groups is 3. The van der Waals surface area contributed by atoms with Gasteiger partial charge in [-0.25, -0.2) is 4.79 Å². The molecule has 1 aliphatic heterocycles. The molecule has 0 bridgehead atoms. The number of ether oxygens (including phenoxy) is 2. The van der Waals surface area contributed by atoms with E-state index in [2.05, 4.69) is 0 Å². The first-order valence-corrected chi connectivity index (χ1v) is 11.1. The SMILES string of the molecule is COC(=O)c1ccc(CN2C(=O)C(=O)/C(=C(\O)c3ccc([N+](=O)[O-])cc3)C2c2ccc(OC)cc2)cc1. The lowest BCUT2D eigenvalue weighted by Gasteiger charge is -2.25. The van der Waals surface area contributed by atoms with Crippen LogP contribution >= 0.6 is 0 Å². The zero-order valence-electron chi connectivity index (χ0n) is 19.9. The summed E-state index contributed by atoms with van der Waals surface area (Å²) in [7, 11) is 2.78. The molecule has 0 aliphatic carbocycles. The average molecular weight is 502 g/mol. The molecule has 1 fully saturated rings. The minimum atomic E-state index is -0.943. The average Bonchev–Trinajstić information content (AvgIpc) is 3.17. The second kappa shape index (κ2) is 10.3. The Morgan fingerprint density at radius 2 is 1.54 bits per heavy atom. The number of hydrogen-bond donors (Lipinski definition) is 1. The highest BCUT2D eigenvalue weighted by atomic mass is 16.6. The number of non-ortho nitro benzene ring substituents is 1. The molecule has 4 rings (SSSR count). The summed E-state index contributed by atoms with van der Waals surface area (Å²) in [5.74, 6) is -2.09. The van der Waals surface area contributed by atoms with Crippen molar-refractivity contribution in [3.05, 3.63) is 111 Å². The number of nitro benzene ring substituents is 1. The van der Waals surface area contributed by atoms with E-state index in [4.69, 9.17) is 9.47 Å². The summed E-state index contributed by atoms with van der Waals surface area (Å²) in [6.45, 7) is 0.0137. The third-order valence-electron chi connectivity index (χ3n) is 6.05. The van der Waals surface area contributed by atoms with Gasteiger partial charge in [0.05, 0.1) is 36.3 Å². The number of rotatable bonds is 7. The number of Topliss-reactive ketones (excluding diaryl/α,β-unsaturated/α-hetero) is 1. The summed E-state index contributed by atoms with van der Waals surface area (Å²) in [5, 5.41) is 22.1. The Kier molecular flexibility index (Phi) is 7.01. The van der Waals surface area contributed by atoms with E-state index in [1.807, 2.05) is 0 Å².